The van der Waals surface area contributed by atoms with E-state index < -0.39 is 22.8 Å². The molecule has 0 aliphatic carbocycles. The molecule has 1 N–H and O–H groups in total. The van der Waals surface area contributed by atoms with Crippen LogP contribution in [0, 0.1) is 11.7 Å². The molecule has 1 amide bonds. The summed E-state index contributed by atoms with van der Waals surface area (Å²) in [6.07, 6.45) is 4.08. The van der Waals surface area contributed by atoms with Gasteiger partial charge in [-0.05, 0) is 12.1 Å². The first-order valence-electron chi connectivity index (χ1n) is 6.92. The van der Waals surface area contributed by atoms with Crippen LogP contribution in [-0.2, 0) is 15.9 Å². The summed E-state index contributed by atoms with van der Waals surface area (Å²) in [5.41, 5.74) is 0.979. The molecule has 2 atom stereocenters. The third-order valence-corrected chi connectivity index (χ3v) is 5.21. The van der Waals surface area contributed by atoms with Crippen LogP contribution in [0.2, 0.25) is 0 Å². The second kappa shape index (κ2) is 7.73. The number of anilines is 1. The van der Waals surface area contributed by atoms with Crippen molar-refractivity contribution in [2.45, 2.75) is 6.92 Å². The Morgan fingerprint density at radius 3 is 2.88 bits per heavy atom. The SMILES string of the molecule is C=Cc1nc(-c2cncc(F)c2)sc1N(C)C(=O)C(C)CS(=O)O. The van der Waals surface area contributed by atoms with Gasteiger partial charge in [0.15, 0.2) is 11.1 Å². The standard InChI is InChI=1S/C15H16FN3O3S2/c1-4-12-15(19(3)14(20)9(2)8-24(21)22)23-13(18-12)10-5-11(16)7-17-6-10/h4-7,9H,1,8H2,2-3H3,(H,21,22). The van der Waals surface area contributed by atoms with E-state index in [1.54, 1.807) is 14.0 Å². The fraction of sp³-hybridized carbons (Fsp3) is 0.267. The average molecular weight is 369 g/mol. The molecule has 0 saturated carbocycles. The van der Waals surface area contributed by atoms with Crippen LogP contribution in [0.3, 0.4) is 0 Å². The number of pyridine rings is 1. The van der Waals surface area contributed by atoms with Gasteiger partial charge in [0.1, 0.15) is 15.8 Å². The average Bonchev–Trinajstić information content (AvgIpc) is 2.97. The van der Waals surface area contributed by atoms with Gasteiger partial charge in [-0.25, -0.2) is 13.6 Å². The van der Waals surface area contributed by atoms with Gasteiger partial charge < -0.3 is 9.45 Å². The fourth-order valence-corrected chi connectivity index (χ4v) is 3.65. The lowest BCUT2D eigenvalue weighted by Crippen LogP contribution is -2.33. The summed E-state index contributed by atoms with van der Waals surface area (Å²) in [5, 5.41) is 1.04. The molecule has 0 bridgehead atoms. The Balaban J connectivity index is 2.34. The first-order valence-corrected chi connectivity index (χ1v) is 9.02. The Labute approximate surface area is 145 Å². The number of hydrogen-bond acceptors (Lipinski definition) is 5. The predicted octanol–water partition coefficient (Wildman–Crippen LogP) is 2.81. The Hall–Kier alpha value is -1.97. The summed E-state index contributed by atoms with van der Waals surface area (Å²) in [6, 6.07) is 1.31. The van der Waals surface area contributed by atoms with E-state index in [4.69, 9.17) is 4.55 Å². The van der Waals surface area contributed by atoms with Crippen LogP contribution in [0.15, 0.2) is 25.0 Å². The lowest BCUT2D eigenvalue weighted by Gasteiger charge is -2.19. The van der Waals surface area contributed by atoms with Crippen LogP contribution in [-0.4, -0.2) is 37.4 Å². The topological polar surface area (TPSA) is 83.4 Å². The number of carbonyl (C=O) groups excluding carboxylic acids is 1. The van der Waals surface area contributed by atoms with E-state index in [1.165, 1.54) is 34.6 Å². The van der Waals surface area contributed by atoms with Gasteiger partial charge in [-0.15, -0.1) is 0 Å². The Kier molecular flexibility index (Phi) is 5.92. The van der Waals surface area contributed by atoms with E-state index in [0.717, 1.165) is 6.20 Å². The highest BCUT2D eigenvalue weighted by atomic mass is 32.2. The van der Waals surface area contributed by atoms with Crippen molar-refractivity contribution in [2.75, 3.05) is 17.7 Å². The molecule has 0 spiro atoms. The first kappa shape index (κ1) is 18.4. The molecule has 24 heavy (non-hydrogen) atoms. The minimum absolute atomic E-state index is 0.147. The van der Waals surface area contributed by atoms with Crippen LogP contribution in [0.4, 0.5) is 9.39 Å². The molecule has 128 valence electrons. The van der Waals surface area contributed by atoms with Crippen molar-refractivity contribution >= 4 is 39.4 Å². The Morgan fingerprint density at radius 2 is 2.29 bits per heavy atom. The second-order valence-electron chi connectivity index (χ2n) is 5.09. The van der Waals surface area contributed by atoms with Crippen LogP contribution < -0.4 is 4.90 Å². The van der Waals surface area contributed by atoms with Gasteiger partial charge in [0.05, 0.1) is 17.6 Å². The summed E-state index contributed by atoms with van der Waals surface area (Å²) in [7, 11) is 1.56. The summed E-state index contributed by atoms with van der Waals surface area (Å²) in [4.78, 5) is 21.9. The van der Waals surface area contributed by atoms with Crippen molar-refractivity contribution in [3.63, 3.8) is 0 Å². The van der Waals surface area contributed by atoms with Gasteiger partial charge in [0.25, 0.3) is 0 Å². The van der Waals surface area contributed by atoms with Crippen LogP contribution in [0.1, 0.15) is 12.6 Å². The van der Waals surface area contributed by atoms with Gasteiger partial charge in [0, 0.05) is 24.7 Å². The minimum atomic E-state index is -2.05. The number of amides is 1. The summed E-state index contributed by atoms with van der Waals surface area (Å²) in [5.74, 6) is -1.56. The molecule has 2 aromatic heterocycles. The molecule has 2 aromatic rings. The number of rotatable bonds is 6. The van der Waals surface area contributed by atoms with Crippen molar-refractivity contribution < 1.29 is 17.9 Å². The monoisotopic (exact) mass is 369 g/mol. The van der Waals surface area contributed by atoms with E-state index >= 15 is 0 Å². The zero-order valence-electron chi connectivity index (χ0n) is 13.1. The third-order valence-electron chi connectivity index (χ3n) is 3.23. The molecule has 0 fully saturated rings. The molecule has 0 aliphatic rings. The van der Waals surface area contributed by atoms with E-state index in [9.17, 15) is 13.4 Å². The van der Waals surface area contributed by atoms with Gasteiger partial charge >= 0.3 is 0 Å². The van der Waals surface area contributed by atoms with Crippen LogP contribution in [0.25, 0.3) is 16.6 Å². The smallest absolute Gasteiger partial charge is 0.231 e. The van der Waals surface area contributed by atoms with E-state index in [-0.39, 0.29) is 11.7 Å². The number of thiazole rings is 1. The third kappa shape index (κ3) is 4.11. The van der Waals surface area contributed by atoms with E-state index in [0.29, 0.717) is 21.3 Å². The Bertz CT molecular complexity index is 794. The minimum Gasteiger partial charge on any atom is -0.306 e. The maximum absolute atomic E-state index is 13.3. The highest BCUT2D eigenvalue weighted by Gasteiger charge is 2.24. The van der Waals surface area contributed by atoms with Crippen LogP contribution in [0.5, 0.6) is 0 Å². The van der Waals surface area contributed by atoms with Crippen LogP contribution >= 0.6 is 11.3 Å². The van der Waals surface area contributed by atoms with Crippen molar-refractivity contribution in [3.05, 3.63) is 36.6 Å². The molecule has 6 nitrogen and oxygen atoms in total. The zero-order valence-corrected chi connectivity index (χ0v) is 14.7. The zero-order chi connectivity index (χ0) is 17.9. The molecule has 0 saturated heterocycles. The van der Waals surface area contributed by atoms with E-state index in [2.05, 4.69) is 16.5 Å². The van der Waals surface area contributed by atoms with Crippen molar-refractivity contribution in [2.24, 2.45) is 5.92 Å². The van der Waals surface area contributed by atoms with Crippen molar-refractivity contribution in [1.82, 2.24) is 9.97 Å². The number of nitrogens with zero attached hydrogens (tertiary/aromatic N) is 3. The molecule has 9 heteroatoms. The van der Waals surface area contributed by atoms with Gasteiger partial charge in [0.2, 0.25) is 5.91 Å². The fourth-order valence-electron chi connectivity index (χ4n) is 2.07. The second-order valence-corrected chi connectivity index (χ2v) is 7.05. The molecule has 2 rings (SSSR count). The number of aromatic nitrogens is 2. The lowest BCUT2D eigenvalue weighted by atomic mass is 10.2. The molecule has 2 heterocycles. The largest absolute Gasteiger partial charge is 0.306 e. The highest BCUT2D eigenvalue weighted by molar-refractivity contribution is 7.79. The number of hydrogen-bond donors (Lipinski definition) is 1. The van der Waals surface area contributed by atoms with E-state index in [1.807, 2.05) is 0 Å². The maximum atomic E-state index is 13.3. The quantitative estimate of drug-likeness (QED) is 0.792. The first-order chi connectivity index (χ1) is 11.3. The molecule has 2 unspecified atom stereocenters. The molecular formula is C15H16FN3O3S2. The number of halogens is 1. The molecular weight excluding hydrogens is 353 g/mol. The summed E-state index contributed by atoms with van der Waals surface area (Å²) >= 11 is -0.857. The van der Waals surface area contributed by atoms with Gasteiger partial charge in [-0.1, -0.05) is 24.8 Å². The van der Waals surface area contributed by atoms with Crippen molar-refractivity contribution in [3.8, 4) is 10.6 Å². The molecule has 0 radical (unpaired) electrons. The summed E-state index contributed by atoms with van der Waals surface area (Å²) < 4.78 is 33.2. The molecule has 0 aromatic carbocycles. The highest BCUT2D eigenvalue weighted by Crippen LogP contribution is 2.35. The normalized spacial score (nSPS) is 13.3. The maximum Gasteiger partial charge on any atom is 0.231 e. The summed E-state index contributed by atoms with van der Waals surface area (Å²) in [6.45, 7) is 5.26. The van der Waals surface area contributed by atoms with Crippen molar-refractivity contribution in [1.29, 1.82) is 0 Å². The lowest BCUT2D eigenvalue weighted by molar-refractivity contribution is -0.121. The van der Waals surface area contributed by atoms with Gasteiger partial charge in [-0.2, -0.15) is 0 Å². The predicted molar refractivity (Wildman–Crippen MR) is 93.6 cm³/mol. The Morgan fingerprint density at radius 1 is 1.58 bits per heavy atom. The number of carbonyl (C=O) groups is 1. The molecule has 0 aliphatic heterocycles. The van der Waals surface area contributed by atoms with Gasteiger partial charge in [-0.3, -0.25) is 9.78 Å².